The Hall–Kier alpha value is -3.16. The third-order valence-corrected chi connectivity index (χ3v) is 4.62. The van der Waals surface area contributed by atoms with Crippen LogP contribution in [0.5, 0.6) is 5.75 Å². The van der Waals surface area contributed by atoms with E-state index >= 15 is 0 Å². The van der Waals surface area contributed by atoms with E-state index in [0.717, 1.165) is 11.3 Å². The maximum absolute atomic E-state index is 12.7. The Bertz CT molecular complexity index is 858. The molecule has 0 spiro atoms. The second-order valence-electron chi connectivity index (χ2n) is 6.59. The van der Waals surface area contributed by atoms with E-state index in [2.05, 4.69) is 10.2 Å². The van der Waals surface area contributed by atoms with Crippen LogP contribution in [-0.2, 0) is 11.2 Å². The Morgan fingerprint density at radius 3 is 2.43 bits per heavy atom. The van der Waals surface area contributed by atoms with Gasteiger partial charge in [-0.1, -0.05) is 12.1 Å². The number of nitrogens with one attached hydrogen (secondary N) is 1. The largest absolute Gasteiger partial charge is 0.494 e. The molecule has 3 rings (SSSR count). The first-order valence-electron chi connectivity index (χ1n) is 9.41. The molecule has 1 aromatic heterocycles. The van der Waals surface area contributed by atoms with Crippen molar-refractivity contribution in [2.75, 3.05) is 32.8 Å². The second kappa shape index (κ2) is 9.16. The van der Waals surface area contributed by atoms with Crippen LogP contribution >= 0.6 is 0 Å². The molecule has 8 heteroatoms. The zero-order chi connectivity index (χ0) is 19.9. The lowest BCUT2D eigenvalue weighted by molar-refractivity contribution is -0.130. The minimum atomic E-state index is -0.349. The minimum absolute atomic E-state index is 0.0422. The molecule has 2 aromatic rings. The molecule has 1 N–H and O–H groups in total. The molecule has 0 unspecified atom stereocenters. The smallest absolute Gasteiger partial charge is 0.274 e. The molecular weight excluding hydrogens is 360 g/mol. The highest BCUT2D eigenvalue weighted by Crippen LogP contribution is 2.14. The zero-order valence-corrected chi connectivity index (χ0v) is 15.9. The van der Waals surface area contributed by atoms with Crippen molar-refractivity contribution in [1.82, 2.24) is 20.0 Å². The van der Waals surface area contributed by atoms with Crippen LogP contribution in [0, 0.1) is 0 Å². The Morgan fingerprint density at radius 1 is 1.04 bits per heavy atom. The summed E-state index contributed by atoms with van der Waals surface area (Å²) in [6, 6.07) is 10.2. The van der Waals surface area contributed by atoms with Crippen LogP contribution in [0.1, 0.15) is 29.4 Å². The van der Waals surface area contributed by atoms with Gasteiger partial charge in [-0.25, -0.2) is 5.10 Å². The number of carbonyl (C=O) groups is 2. The van der Waals surface area contributed by atoms with Gasteiger partial charge in [-0.15, -0.1) is 0 Å². The summed E-state index contributed by atoms with van der Waals surface area (Å²) in [4.78, 5) is 39.8. The van der Waals surface area contributed by atoms with E-state index in [4.69, 9.17) is 4.74 Å². The third-order valence-electron chi connectivity index (χ3n) is 4.62. The summed E-state index contributed by atoms with van der Waals surface area (Å²) in [7, 11) is 0. The van der Waals surface area contributed by atoms with Gasteiger partial charge >= 0.3 is 0 Å². The normalized spacial score (nSPS) is 14.5. The van der Waals surface area contributed by atoms with E-state index in [1.54, 1.807) is 9.80 Å². The van der Waals surface area contributed by atoms with Crippen LogP contribution in [-0.4, -0.2) is 64.6 Å². The predicted molar refractivity (Wildman–Crippen MR) is 103 cm³/mol. The number of hydrogen-bond donors (Lipinski definition) is 1. The van der Waals surface area contributed by atoms with Gasteiger partial charge in [-0.3, -0.25) is 14.4 Å². The molecule has 1 aromatic carbocycles. The average molecular weight is 384 g/mol. The van der Waals surface area contributed by atoms with Crippen LogP contribution in [0.2, 0.25) is 0 Å². The van der Waals surface area contributed by atoms with E-state index in [1.807, 2.05) is 31.2 Å². The van der Waals surface area contributed by atoms with Crippen LogP contribution in [0.4, 0.5) is 0 Å². The third kappa shape index (κ3) is 4.97. The molecule has 1 saturated heterocycles. The monoisotopic (exact) mass is 384 g/mol. The van der Waals surface area contributed by atoms with E-state index < -0.39 is 0 Å². The first-order valence-corrected chi connectivity index (χ1v) is 9.41. The topological polar surface area (TPSA) is 95.6 Å². The lowest BCUT2D eigenvalue weighted by Crippen LogP contribution is -2.38. The van der Waals surface area contributed by atoms with Crippen molar-refractivity contribution in [3.63, 3.8) is 0 Å². The van der Waals surface area contributed by atoms with Gasteiger partial charge in [0, 0.05) is 32.2 Å². The van der Waals surface area contributed by atoms with Crippen molar-refractivity contribution in [3.05, 3.63) is 58.0 Å². The fraction of sp³-hybridized carbons (Fsp3) is 0.400. The molecule has 0 radical (unpaired) electrons. The highest BCUT2D eigenvalue weighted by atomic mass is 16.5. The summed E-state index contributed by atoms with van der Waals surface area (Å²) in [6.45, 7) is 4.61. The number of H-pyrrole nitrogens is 1. The lowest BCUT2D eigenvalue weighted by Gasteiger charge is -2.22. The molecule has 28 heavy (non-hydrogen) atoms. The van der Waals surface area contributed by atoms with Crippen molar-refractivity contribution < 1.29 is 14.3 Å². The van der Waals surface area contributed by atoms with Crippen LogP contribution in [0.25, 0.3) is 0 Å². The van der Waals surface area contributed by atoms with E-state index in [1.165, 1.54) is 12.1 Å². The fourth-order valence-corrected chi connectivity index (χ4v) is 3.15. The molecule has 2 heterocycles. The standard InChI is InChI=1S/C20H24N4O4/c1-2-28-16-6-4-15(5-7-16)14-19(26)23-10-3-11-24(13-12-23)20(27)17-8-9-18(25)22-21-17/h4-9H,2-3,10-14H2,1H3,(H,22,25). The molecular formula is C20H24N4O4. The second-order valence-corrected chi connectivity index (χ2v) is 6.59. The molecule has 1 aliphatic heterocycles. The summed E-state index contributed by atoms with van der Waals surface area (Å²) in [5.74, 6) is 0.594. The summed E-state index contributed by atoms with van der Waals surface area (Å²) >= 11 is 0. The van der Waals surface area contributed by atoms with Crippen molar-refractivity contribution in [3.8, 4) is 5.75 Å². The first kappa shape index (κ1) is 19.6. The van der Waals surface area contributed by atoms with Crippen molar-refractivity contribution in [2.45, 2.75) is 19.8 Å². The summed E-state index contributed by atoms with van der Waals surface area (Å²) < 4.78 is 5.42. The van der Waals surface area contributed by atoms with Gasteiger partial charge in [0.15, 0.2) is 0 Å². The van der Waals surface area contributed by atoms with E-state index in [-0.39, 0.29) is 23.1 Å². The molecule has 0 aliphatic carbocycles. The lowest BCUT2D eigenvalue weighted by atomic mass is 10.1. The maximum Gasteiger partial charge on any atom is 0.274 e. The Kier molecular flexibility index (Phi) is 6.41. The van der Waals surface area contributed by atoms with Gasteiger partial charge in [0.2, 0.25) is 5.91 Å². The highest BCUT2D eigenvalue weighted by molar-refractivity contribution is 5.92. The SMILES string of the molecule is CCOc1ccc(CC(=O)N2CCCN(C(=O)c3ccc(=O)[nH]n3)CC2)cc1. The minimum Gasteiger partial charge on any atom is -0.494 e. The van der Waals surface area contributed by atoms with Crippen molar-refractivity contribution in [2.24, 2.45) is 0 Å². The van der Waals surface area contributed by atoms with E-state index in [0.29, 0.717) is 45.6 Å². The number of benzene rings is 1. The fourth-order valence-electron chi connectivity index (χ4n) is 3.15. The number of nitrogens with zero attached hydrogens (tertiary/aromatic N) is 3. The number of aromatic nitrogens is 2. The van der Waals surface area contributed by atoms with E-state index in [9.17, 15) is 14.4 Å². The Morgan fingerprint density at radius 2 is 1.75 bits per heavy atom. The number of ether oxygens (including phenoxy) is 1. The number of hydrogen-bond acceptors (Lipinski definition) is 5. The van der Waals surface area contributed by atoms with Crippen LogP contribution in [0.3, 0.4) is 0 Å². The zero-order valence-electron chi connectivity index (χ0n) is 15.9. The van der Waals surface area contributed by atoms with Crippen LogP contribution < -0.4 is 10.3 Å². The Balaban J connectivity index is 1.56. The summed E-state index contributed by atoms with van der Waals surface area (Å²) in [5.41, 5.74) is 0.787. The van der Waals surface area contributed by atoms with Gasteiger partial charge in [0.05, 0.1) is 13.0 Å². The number of amides is 2. The quantitative estimate of drug-likeness (QED) is 0.832. The van der Waals surface area contributed by atoms with Crippen molar-refractivity contribution in [1.29, 1.82) is 0 Å². The number of aromatic amines is 1. The van der Waals surface area contributed by atoms with Gasteiger partial charge in [0.25, 0.3) is 11.5 Å². The van der Waals surface area contributed by atoms with Gasteiger partial charge in [-0.2, -0.15) is 5.10 Å². The highest BCUT2D eigenvalue weighted by Gasteiger charge is 2.23. The molecule has 148 valence electrons. The van der Waals surface area contributed by atoms with Crippen molar-refractivity contribution >= 4 is 11.8 Å². The molecule has 1 fully saturated rings. The first-order chi connectivity index (χ1) is 13.6. The Labute approximate surface area is 163 Å². The molecule has 0 atom stereocenters. The maximum atomic E-state index is 12.7. The average Bonchev–Trinajstić information content (AvgIpc) is 2.96. The molecule has 0 saturated carbocycles. The van der Waals surface area contributed by atoms with Gasteiger partial charge in [-0.05, 0) is 37.1 Å². The molecule has 0 bridgehead atoms. The van der Waals surface area contributed by atoms with Crippen LogP contribution in [0.15, 0.2) is 41.2 Å². The molecule has 1 aliphatic rings. The summed E-state index contributed by atoms with van der Waals surface area (Å²) in [5, 5.41) is 6.07. The van der Waals surface area contributed by atoms with Gasteiger partial charge < -0.3 is 14.5 Å². The van der Waals surface area contributed by atoms with Gasteiger partial charge in [0.1, 0.15) is 11.4 Å². The molecule has 8 nitrogen and oxygen atoms in total. The molecule has 2 amide bonds. The summed E-state index contributed by atoms with van der Waals surface area (Å²) in [6.07, 6.45) is 1.02. The number of rotatable bonds is 5. The number of carbonyl (C=O) groups excluding carboxylic acids is 2. The predicted octanol–water partition coefficient (Wildman–Crippen LogP) is 1.09.